The van der Waals surface area contributed by atoms with Gasteiger partial charge in [-0.25, -0.2) is 13.4 Å². The third-order valence-corrected chi connectivity index (χ3v) is 6.50. The predicted molar refractivity (Wildman–Crippen MR) is 98.1 cm³/mol. The second kappa shape index (κ2) is 7.25. The smallest absolute Gasteiger partial charge is 0.257 e. The molecular formula is C19H22N2O4S. The number of pyridine rings is 1. The summed E-state index contributed by atoms with van der Waals surface area (Å²) < 4.78 is 35.1. The molecule has 6 nitrogen and oxygen atoms in total. The van der Waals surface area contributed by atoms with Crippen molar-refractivity contribution in [1.82, 2.24) is 9.88 Å². The first kappa shape index (κ1) is 17.3. The minimum absolute atomic E-state index is 0.172. The van der Waals surface area contributed by atoms with Gasteiger partial charge in [-0.2, -0.15) is 0 Å². The van der Waals surface area contributed by atoms with Gasteiger partial charge in [0.15, 0.2) is 21.7 Å². The molecular weight excluding hydrogens is 352 g/mol. The standard InChI is InChI=1S/C19H22N2O4S/c22-26(23)11-2-9-21(10-12-26)13-15-4-6-16(7-5-15)18-14-24-17-3-1-8-20-19(17)25-18/h1,3-8,18H,2,9-14H2/t18-/m1/s1. The van der Waals surface area contributed by atoms with Crippen molar-refractivity contribution in [2.75, 3.05) is 31.2 Å². The third kappa shape index (κ3) is 3.99. The largest absolute Gasteiger partial charge is 0.484 e. The van der Waals surface area contributed by atoms with Gasteiger partial charge >= 0.3 is 0 Å². The molecule has 1 aromatic carbocycles. The number of sulfone groups is 1. The van der Waals surface area contributed by atoms with E-state index in [0.717, 1.165) is 18.7 Å². The van der Waals surface area contributed by atoms with E-state index in [4.69, 9.17) is 9.47 Å². The molecule has 0 N–H and O–H groups in total. The lowest BCUT2D eigenvalue weighted by Crippen LogP contribution is -2.26. The molecule has 7 heteroatoms. The van der Waals surface area contributed by atoms with Crippen LogP contribution in [0.4, 0.5) is 0 Å². The summed E-state index contributed by atoms with van der Waals surface area (Å²) in [5, 5.41) is 0. The first-order valence-electron chi connectivity index (χ1n) is 8.85. The van der Waals surface area contributed by atoms with Gasteiger partial charge in [0.2, 0.25) is 0 Å². The molecule has 0 amide bonds. The summed E-state index contributed by atoms with van der Waals surface area (Å²) in [6.45, 7) is 2.65. The second-order valence-electron chi connectivity index (χ2n) is 6.75. The molecule has 138 valence electrons. The van der Waals surface area contributed by atoms with E-state index in [2.05, 4.69) is 22.0 Å². The van der Waals surface area contributed by atoms with Gasteiger partial charge in [0.25, 0.3) is 5.88 Å². The molecule has 26 heavy (non-hydrogen) atoms. The molecule has 4 rings (SSSR count). The average Bonchev–Trinajstić information content (AvgIpc) is 2.82. The highest BCUT2D eigenvalue weighted by Gasteiger charge is 2.23. The molecule has 3 heterocycles. The summed E-state index contributed by atoms with van der Waals surface area (Å²) in [6.07, 6.45) is 2.23. The number of rotatable bonds is 3. The van der Waals surface area contributed by atoms with Crippen LogP contribution in [0.15, 0.2) is 42.6 Å². The summed E-state index contributed by atoms with van der Waals surface area (Å²) in [4.78, 5) is 6.42. The predicted octanol–water partition coefficient (Wildman–Crippen LogP) is 2.21. The Morgan fingerprint density at radius 2 is 1.96 bits per heavy atom. The van der Waals surface area contributed by atoms with E-state index in [-0.39, 0.29) is 11.9 Å². The number of fused-ring (bicyclic) bond motifs is 1. The Hall–Kier alpha value is -2.12. The van der Waals surface area contributed by atoms with E-state index in [1.165, 1.54) is 5.56 Å². The molecule has 2 aromatic rings. The van der Waals surface area contributed by atoms with Crippen LogP contribution >= 0.6 is 0 Å². The van der Waals surface area contributed by atoms with Crippen LogP contribution in [0.25, 0.3) is 0 Å². The minimum atomic E-state index is -2.87. The Bertz CT molecular complexity index is 867. The molecule has 0 bridgehead atoms. The number of hydrogen-bond acceptors (Lipinski definition) is 6. The quantitative estimate of drug-likeness (QED) is 0.821. The van der Waals surface area contributed by atoms with Gasteiger partial charge in [0.1, 0.15) is 6.61 Å². The minimum Gasteiger partial charge on any atom is -0.484 e. The zero-order valence-electron chi connectivity index (χ0n) is 14.5. The molecule has 0 saturated carbocycles. The summed E-state index contributed by atoms with van der Waals surface area (Å²) in [5.41, 5.74) is 2.21. The van der Waals surface area contributed by atoms with Gasteiger partial charge in [-0.3, -0.25) is 4.90 Å². The molecule has 0 aliphatic carbocycles. The van der Waals surface area contributed by atoms with Crippen molar-refractivity contribution >= 4 is 9.84 Å². The van der Waals surface area contributed by atoms with E-state index in [9.17, 15) is 8.42 Å². The van der Waals surface area contributed by atoms with Gasteiger partial charge in [-0.1, -0.05) is 24.3 Å². The van der Waals surface area contributed by atoms with E-state index < -0.39 is 9.84 Å². The maximum absolute atomic E-state index is 11.7. The van der Waals surface area contributed by atoms with Crippen molar-refractivity contribution < 1.29 is 17.9 Å². The molecule has 2 aliphatic rings. The van der Waals surface area contributed by atoms with Crippen LogP contribution in [-0.2, 0) is 16.4 Å². The van der Waals surface area contributed by atoms with E-state index in [0.29, 0.717) is 37.0 Å². The molecule has 1 atom stereocenters. The lowest BCUT2D eigenvalue weighted by atomic mass is 10.1. The van der Waals surface area contributed by atoms with Gasteiger partial charge in [-0.05, 0) is 36.2 Å². The maximum Gasteiger partial charge on any atom is 0.257 e. The SMILES string of the molecule is O=S1(=O)CCCN(Cc2ccc([C@H]3COc4cccnc4O3)cc2)CC1. The molecule has 0 spiro atoms. The number of benzene rings is 1. The van der Waals surface area contributed by atoms with Crippen LogP contribution in [0, 0.1) is 0 Å². The number of hydrogen-bond donors (Lipinski definition) is 0. The van der Waals surface area contributed by atoms with Gasteiger partial charge in [0.05, 0.1) is 11.5 Å². The fraction of sp³-hybridized carbons (Fsp3) is 0.421. The Morgan fingerprint density at radius 3 is 2.81 bits per heavy atom. The van der Waals surface area contributed by atoms with Crippen molar-refractivity contribution in [3.05, 3.63) is 53.7 Å². The number of aromatic nitrogens is 1. The molecule has 1 fully saturated rings. The topological polar surface area (TPSA) is 68.7 Å². The van der Waals surface area contributed by atoms with Crippen molar-refractivity contribution in [3.63, 3.8) is 0 Å². The highest BCUT2D eigenvalue weighted by Crippen LogP contribution is 2.33. The van der Waals surface area contributed by atoms with Crippen LogP contribution in [0.5, 0.6) is 11.6 Å². The van der Waals surface area contributed by atoms with Crippen molar-refractivity contribution in [3.8, 4) is 11.6 Å². The van der Waals surface area contributed by atoms with Crippen LogP contribution in [0.2, 0.25) is 0 Å². The van der Waals surface area contributed by atoms with Gasteiger partial charge < -0.3 is 9.47 Å². The summed E-state index contributed by atoms with van der Waals surface area (Å²) in [6, 6.07) is 11.9. The monoisotopic (exact) mass is 374 g/mol. The Labute approximate surface area is 153 Å². The zero-order chi connectivity index (χ0) is 18.0. The van der Waals surface area contributed by atoms with Crippen LogP contribution in [-0.4, -0.2) is 49.5 Å². The highest BCUT2D eigenvalue weighted by atomic mass is 32.2. The van der Waals surface area contributed by atoms with E-state index >= 15 is 0 Å². The summed E-state index contributed by atoms with van der Waals surface area (Å²) >= 11 is 0. The van der Waals surface area contributed by atoms with Crippen LogP contribution in [0.1, 0.15) is 23.7 Å². The Kier molecular flexibility index (Phi) is 4.82. The molecule has 2 aliphatic heterocycles. The first-order valence-corrected chi connectivity index (χ1v) is 10.7. The lowest BCUT2D eigenvalue weighted by Gasteiger charge is -2.26. The van der Waals surface area contributed by atoms with Crippen LogP contribution in [0.3, 0.4) is 0 Å². The second-order valence-corrected chi connectivity index (χ2v) is 9.05. The number of nitrogens with zero attached hydrogens (tertiary/aromatic N) is 2. The van der Waals surface area contributed by atoms with Gasteiger partial charge in [-0.15, -0.1) is 0 Å². The Balaban J connectivity index is 1.40. The first-order chi connectivity index (χ1) is 12.6. The number of ether oxygens (including phenoxy) is 2. The zero-order valence-corrected chi connectivity index (χ0v) is 15.3. The average molecular weight is 374 g/mol. The lowest BCUT2D eigenvalue weighted by molar-refractivity contribution is 0.0851. The van der Waals surface area contributed by atoms with Crippen molar-refractivity contribution in [1.29, 1.82) is 0 Å². The molecule has 1 saturated heterocycles. The van der Waals surface area contributed by atoms with E-state index in [1.807, 2.05) is 24.3 Å². The molecule has 0 radical (unpaired) electrons. The van der Waals surface area contributed by atoms with Gasteiger partial charge in [0, 0.05) is 19.3 Å². The highest BCUT2D eigenvalue weighted by molar-refractivity contribution is 7.91. The van der Waals surface area contributed by atoms with Crippen molar-refractivity contribution in [2.24, 2.45) is 0 Å². The summed E-state index contributed by atoms with van der Waals surface area (Å²) in [7, 11) is -2.87. The summed E-state index contributed by atoms with van der Waals surface area (Å²) in [5.74, 6) is 1.76. The fourth-order valence-corrected chi connectivity index (χ4v) is 4.63. The normalized spacial score (nSPS) is 22.5. The Morgan fingerprint density at radius 1 is 1.12 bits per heavy atom. The van der Waals surface area contributed by atoms with E-state index in [1.54, 1.807) is 6.20 Å². The molecule has 1 aromatic heterocycles. The van der Waals surface area contributed by atoms with Crippen molar-refractivity contribution in [2.45, 2.75) is 19.1 Å². The fourth-order valence-electron chi connectivity index (χ4n) is 3.32. The maximum atomic E-state index is 11.7. The molecule has 0 unspecified atom stereocenters. The third-order valence-electron chi connectivity index (χ3n) is 4.79. The van der Waals surface area contributed by atoms with Crippen LogP contribution < -0.4 is 9.47 Å².